The van der Waals surface area contributed by atoms with Crippen LogP contribution in [0.15, 0.2) is 48.5 Å². The molecule has 4 rings (SSSR count). The maximum Gasteiger partial charge on any atom is 0.411 e. The van der Waals surface area contributed by atoms with Gasteiger partial charge in [0.05, 0.1) is 6.54 Å². The summed E-state index contributed by atoms with van der Waals surface area (Å²) in [6.07, 6.45) is 0.500. The van der Waals surface area contributed by atoms with E-state index in [1.807, 2.05) is 13.8 Å². The molecule has 2 atom stereocenters. The SMILES string of the molecule is CC(C)C(=O)Nc1ccc([C@H]2OC(=O)N(Cc3ccc(F)cc3)[C@H]2C(=O)N2CCCC2)cc1. The largest absolute Gasteiger partial charge is 0.438 e. The molecule has 0 bridgehead atoms. The molecule has 2 aromatic carbocycles. The smallest absolute Gasteiger partial charge is 0.411 e. The highest BCUT2D eigenvalue weighted by molar-refractivity contribution is 5.92. The number of rotatable bonds is 6. The predicted octanol–water partition coefficient (Wildman–Crippen LogP) is 4.10. The molecule has 174 valence electrons. The van der Waals surface area contributed by atoms with E-state index < -0.39 is 18.2 Å². The van der Waals surface area contributed by atoms with Crippen molar-refractivity contribution in [2.45, 2.75) is 45.4 Å². The van der Waals surface area contributed by atoms with E-state index in [1.165, 1.54) is 17.0 Å². The summed E-state index contributed by atoms with van der Waals surface area (Å²) in [6, 6.07) is 12.0. The number of amides is 3. The van der Waals surface area contributed by atoms with Crippen LogP contribution in [0.1, 0.15) is 43.9 Å². The second kappa shape index (κ2) is 9.60. The predicted molar refractivity (Wildman–Crippen MR) is 121 cm³/mol. The quantitative estimate of drug-likeness (QED) is 0.714. The van der Waals surface area contributed by atoms with E-state index in [0.29, 0.717) is 29.9 Å². The lowest BCUT2D eigenvalue weighted by molar-refractivity contribution is -0.135. The van der Waals surface area contributed by atoms with Crippen molar-refractivity contribution in [1.82, 2.24) is 9.80 Å². The van der Waals surface area contributed by atoms with Gasteiger partial charge < -0.3 is 15.0 Å². The van der Waals surface area contributed by atoms with Gasteiger partial charge in [-0.25, -0.2) is 9.18 Å². The first kappa shape index (κ1) is 22.8. The van der Waals surface area contributed by atoms with Crippen LogP contribution in [0.2, 0.25) is 0 Å². The van der Waals surface area contributed by atoms with Crippen LogP contribution in [0, 0.1) is 11.7 Å². The second-order valence-corrected chi connectivity index (χ2v) is 8.80. The Morgan fingerprint density at radius 3 is 2.30 bits per heavy atom. The molecule has 0 aromatic heterocycles. The third-order valence-corrected chi connectivity index (χ3v) is 6.05. The van der Waals surface area contributed by atoms with Gasteiger partial charge in [-0.2, -0.15) is 0 Å². The number of benzene rings is 2. The first-order valence-electron chi connectivity index (χ1n) is 11.2. The van der Waals surface area contributed by atoms with Gasteiger partial charge in [0.15, 0.2) is 12.1 Å². The first-order chi connectivity index (χ1) is 15.8. The Kier molecular flexibility index (Phi) is 6.62. The number of carbonyl (C=O) groups is 3. The van der Waals surface area contributed by atoms with Gasteiger partial charge >= 0.3 is 6.09 Å². The van der Waals surface area contributed by atoms with Gasteiger partial charge in [0, 0.05) is 24.7 Å². The maximum absolute atomic E-state index is 13.5. The molecule has 3 amide bonds. The molecule has 2 aliphatic rings. The van der Waals surface area contributed by atoms with E-state index in [4.69, 9.17) is 4.74 Å². The number of nitrogens with zero attached hydrogens (tertiary/aromatic N) is 2. The third kappa shape index (κ3) is 4.99. The normalized spacial score (nSPS) is 20.3. The molecule has 2 aromatic rings. The number of cyclic esters (lactones) is 1. The van der Waals surface area contributed by atoms with Gasteiger partial charge in [0.1, 0.15) is 5.82 Å². The van der Waals surface area contributed by atoms with E-state index in [9.17, 15) is 18.8 Å². The molecule has 7 nitrogen and oxygen atoms in total. The van der Waals surface area contributed by atoms with Gasteiger partial charge in [-0.05, 0) is 48.2 Å². The van der Waals surface area contributed by atoms with Crippen molar-refractivity contribution in [2.24, 2.45) is 5.92 Å². The van der Waals surface area contributed by atoms with Gasteiger partial charge in [-0.1, -0.05) is 38.1 Å². The lowest BCUT2D eigenvalue weighted by Crippen LogP contribution is -2.47. The minimum Gasteiger partial charge on any atom is -0.438 e. The van der Waals surface area contributed by atoms with Crippen molar-refractivity contribution in [3.8, 4) is 0 Å². The monoisotopic (exact) mass is 453 g/mol. The fourth-order valence-electron chi connectivity index (χ4n) is 4.15. The summed E-state index contributed by atoms with van der Waals surface area (Å²) >= 11 is 0. The Hall–Kier alpha value is -3.42. The molecule has 2 fully saturated rings. The van der Waals surface area contributed by atoms with Gasteiger partial charge in [-0.15, -0.1) is 0 Å². The molecule has 1 N–H and O–H groups in total. The Morgan fingerprint density at radius 1 is 1.06 bits per heavy atom. The van der Waals surface area contributed by atoms with E-state index in [2.05, 4.69) is 5.32 Å². The van der Waals surface area contributed by atoms with Crippen molar-refractivity contribution in [1.29, 1.82) is 0 Å². The highest BCUT2D eigenvalue weighted by atomic mass is 19.1. The molecule has 33 heavy (non-hydrogen) atoms. The Morgan fingerprint density at radius 2 is 1.70 bits per heavy atom. The van der Waals surface area contributed by atoms with E-state index in [-0.39, 0.29) is 30.1 Å². The highest BCUT2D eigenvalue weighted by Crippen LogP contribution is 2.36. The van der Waals surface area contributed by atoms with Crippen molar-refractivity contribution in [2.75, 3.05) is 18.4 Å². The fourth-order valence-corrected chi connectivity index (χ4v) is 4.15. The summed E-state index contributed by atoms with van der Waals surface area (Å²) in [7, 11) is 0. The molecule has 2 aliphatic heterocycles. The molecule has 8 heteroatoms. The molecular weight excluding hydrogens is 425 g/mol. The first-order valence-corrected chi connectivity index (χ1v) is 11.2. The van der Waals surface area contributed by atoms with Gasteiger partial charge in [-0.3, -0.25) is 14.5 Å². The number of hydrogen-bond donors (Lipinski definition) is 1. The van der Waals surface area contributed by atoms with Crippen molar-refractivity contribution < 1.29 is 23.5 Å². The van der Waals surface area contributed by atoms with Crippen LogP contribution in [0.25, 0.3) is 0 Å². The standard InChI is InChI=1S/C25H28FN3O4/c1-16(2)23(30)27-20-11-7-18(8-12-20)22-21(24(31)28-13-3-4-14-28)29(25(32)33-22)15-17-5-9-19(26)10-6-17/h5-12,16,21-22H,3-4,13-15H2,1-2H3,(H,27,30)/t21-,22-/m1/s1. The van der Waals surface area contributed by atoms with Crippen LogP contribution >= 0.6 is 0 Å². The summed E-state index contributed by atoms with van der Waals surface area (Å²) in [5.41, 5.74) is 2.01. The molecule has 2 saturated heterocycles. The molecule has 0 unspecified atom stereocenters. The average Bonchev–Trinajstić information content (AvgIpc) is 3.44. The van der Waals surface area contributed by atoms with Gasteiger partial charge in [0.2, 0.25) is 11.8 Å². The second-order valence-electron chi connectivity index (χ2n) is 8.80. The number of anilines is 1. The summed E-state index contributed by atoms with van der Waals surface area (Å²) in [4.78, 5) is 41.5. The zero-order chi connectivity index (χ0) is 23.5. The van der Waals surface area contributed by atoms with Crippen LogP contribution in [-0.4, -0.2) is 46.8 Å². The van der Waals surface area contributed by atoms with Crippen molar-refractivity contribution in [3.63, 3.8) is 0 Å². The number of likely N-dealkylation sites (tertiary alicyclic amines) is 1. The zero-order valence-corrected chi connectivity index (χ0v) is 18.8. The fraction of sp³-hybridized carbons (Fsp3) is 0.400. The van der Waals surface area contributed by atoms with Crippen LogP contribution in [0.5, 0.6) is 0 Å². The molecule has 0 aliphatic carbocycles. The molecule has 0 saturated carbocycles. The summed E-state index contributed by atoms with van der Waals surface area (Å²) in [6.45, 7) is 5.07. The maximum atomic E-state index is 13.5. The van der Waals surface area contributed by atoms with E-state index in [1.54, 1.807) is 41.3 Å². The number of halogens is 1. The Labute approximate surface area is 192 Å². The van der Waals surface area contributed by atoms with Crippen LogP contribution in [0.3, 0.4) is 0 Å². The Balaban J connectivity index is 1.60. The van der Waals surface area contributed by atoms with Crippen LogP contribution < -0.4 is 5.32 Å². The number of ether oxygens (including phenoxy) is 1. The minimum atomic E-state index is -0.822. The van der Waals surface area contributed by atoms with E-state index in [0.717, 1.165) is 12.8 Å². The van der Waals surface area contributed by atoms with Crippen LogP contribution in [-0.2, 0) is 20.9 Å². The van der Waals surface area contributed by atoms with Crippen molar-refractivity contribution >= 4 is 23.6 Å². The molecule has 0 spiro atoms. The number of carbonyl (C=O) groups excluding carboxylic acids is 3. The molecule has 0 radical (unpaired) electrons. The topological polar surface area (TPSA) is 79.0 Å². The molecule has 2 heterocycles. The Bertz CT molecular complexity index is 1020. The lowest BCUT2D eigenvalue weighted by atomic mass is 9.99. The molecular formula is C25H28FN3O4. The van der Waals surface area contributed by atoms with Crippen LogP contribution in [0.4, 0.5) is 14.9 Å². The van der Waals surface area contributed by atoms with Gasteiger partial charge in [0.25, 0.3) is 0 Å². The number of nitrogens with one attached hydrogen (secondary N) is 1. The average molecular weight is 454 g/mol. The summed E-state index contributed by atoms with van der Waals surface area (Å²) < 4.78 is 19.0. The van der Waals surface area contributed by atoms with E-state index >= 15 is 0 Å². The minimum absolute atomic E-state index is 0.0948. The zero-order valence-electron chi connectivity index (χ0n) is 18.8. The lowest BCUT2D eigenvalue weighted by Gasteiger charge is -2.28. The summed E-state index contributed by atoms with van der Waals surface area (Å²) in [5, 5.41) is 2.83. The van der Waals surface area contributed by atoms with Crippen molar-refractivity contribution in [3.05, 3.63) is 65.5 Å². The third-order valence-electron chi connectivity index (χ3n) is 6.05. The number of hydrogen-bond acceptors (Lipinski definition) is 4. The summed E-state index contributed by atoms with van der Waals surface area (Å²) in [5.74, 6) is -0.761. The highest BCUT2D eigenvalue weighted by Gasteiger charge is 2.48.